The molecule has 0 N–H and O–H groups in total. The molecule has 0 aromatic heterocycles. The van der Waals surface area contributed by atoms with E-state index < -0.39 is 0 Å². The number of likely N-dealkylation sites (N-methyl/N-ethyl adjacent to an activating group) is 1. The van der Waals surface area contributed by atoms with E-state index in [1.165, 1.54) is 229 Å². The molecule has 1 atom stereocenters. The largest absolute Gasteiger partial charge is 0.321 e. The van der Waals surface area contributed by atoms with Crippen molar-refractivity contribution < 1.29 is 4.48 Å². The van der Waals surface area contributed by atoms with Gasteiger partial charge in [-0.15, -0.1) is 0 Å². The minimum Gasteiger partial charge on any atom is -0.321 e. The van der Waals surface area contributed by atoms with E-state index >= 15 is 0 Å². The van der Waals surface area contributed by atoms with Crippen molar-refractivity contribution in [3.8, 4) is 0 Å². The van der Waals surface area contributed by atoms with Crippen LogP contribution in [0.2, 0.25) is 0 Å². The van der Waals surface area contributed by atoms with E-state index in [4.69, 9.17) is 0 Å². The predicted octanol–water partition coefficient (Wildman–Crippen LogP) is 15.3. The molecule has 0 fully saturated rings. The first-order valence-electron chi connectivity index (χ1n) is 21.1. The first-order chi connectivity index (χ1) is 21.6. The molecule has 1 nitrogen and oxygen atoms in total. The smallest absolute Gasteiger partial charge is 0.0971 e. The van der Waals surface area contributed by atoms with Crippen LogP contribution in [0.1, 0.15) is 239 Å². The molecule has 0 spiro atoms. The van der Waals surface area contributed by atoms with E-state index in [-0.39, 0.29) is 0 Å². The summed E-state index contributed by atoms with van der Waals surface area (Å²) in [4.78, 5) is 0. The van der Waals surface area contributed by atoms with Crippen molar-refractivity contribution in [2.24, 2.45) is 0 Å². The summed E-state index contributed by atoms with van der Waals surface area (Å²) in [5.74, 6) is 0. The molecule has 44 heavy (non-hydrogen) atoms. The summed E-state index contributed by atoms with van der Waals surface area (Å²) >= 11 is 0. The van der Waals surface area contributed by atoms with Crippen molar-refractivity contribution in [1.29, 1.82) is 0 Å². The average Bonchev–Trinajstić information content (AvgIpc) is 3.03. The predicted molar refractivity (Wildman–Crippen MR) is 204 cm³/mol. The molecule has 0 aromatic carbocycles. The number of hydrogen-bond acceptors (Lipinski definition) is 0. The molecule has 0 aliphatic rings. The zero-order valence-electron chi connectivity index (χ0n) is 31.8. The van der Waals surface area contributed by atoms with Crippen molar-refractivity contribution >= 4 is 0 Å². The lowest BCUT2D eigenvalue weighted by atomic mass is 9.96. The highest BCUT2D eigenvalue weighted by molar-refractivity contribution is 4.70. The average molecular weight is 619 g/mol. The van der Waals surface area contributed by atoms with Gasteiger partial charge >= 0.3 is 0 Å². The molecule has 0 saturated carbocycles. The monoisotopic (exact) mass is 619 g/mol. The fraction of sp³-hybridized carbons (Fsp3) is 0.953. The Kier molecular flexibility index (Phi) is 35.3. The first kappa shape index (κ1) is 43.7. The fourth-order valence-corrected chi connectivity index (χ4v) is 7.46. The zero-order chi connectivity index (χ0) is 32.2. The molecule has 0 aromatic rings. The highest BCUT2D eigenvalue weighted by Crippen LogP contribution is 2.24. The van der Waals surface area contributed by atoms with E-state index in [1.807, 2.05) is 0 Å². The summed E-state index contributed by atoms with van der Waals surface area (Å²) in [6.45, 7) is 13.5. The van der Waals surface area contributed by atoms with Gasteiger partial charge in [0, 0.05) is 0 Å². The van der Waals surface area contributed by atoms with Gasteiger partial charge in [0.05, 0.1) is 26.2 Å². The second kappa shape index (κ2) is 35.6. The van der Waals surface area contributed by atoms with E-state index in [0.29, 0.717) is 0 Å². The van der Waals surface area contributed by atoms with E-state index in [9.17, 15) is 0 Å². The maximum absolute atomic E-state index is 4.12. The van der Waals surface area contributed by atoms with Crippen LogP contribution in [0.5, 0.6) is 0 Å². The quantitative estimate of drug-likeness (QED) is 0.0367. The van der Waals surface area contributed by atoms with E-state index in [0.717, 1.165) is 12.6 Å². The summed E-state index contributed by atoms with van der Waals surface area (Å²) in [5, 5.41) is 0. The molecule has 0 radical (unpaired) electrons. The highest BCUT2D eigenvalue weighted by atomic mass is 15.3. The van der Waals surface area contributed by atoms with Crippen molar-refractivity contribution in [3.63, 3.8) is 0 Å². The Labute approximate surface area is 281 Å². The molecule has 0 aliphatic heterocycles. The van der Waals surface area contributed by atoms with Gasteiger partial charge in [-0.2, -0.15) is 0 Å². The third-order valence-electron chi connectivity index (χ3n) is 10.9. The summed E-state index contributed by atoms with van der Waals surface area (Å²) < 4.78 is 1.21. The van der Waals surface area contributed by atoms with Crippen LogP contribution >= 0.6 is 0 Å². The summed E-state index contributed by atoms with van der Waals surface area (Å²) in [7, 11) is 2.51. The van der Waals surface area contributed by atoms with Gasteiger partial charge in [-0.25, -0.2) is 0 Å². The summed E-state index contributed by atoms with van der Waals surface area (Å²) in [6.07, 6.45) is 51.8. The lowest BCUT2D eigenvalue weighted by molar-refractivity contribution is -0.927. The van der Waals surface area contributed by atoms with Gasteiger partial charge in [-0.1, -0.05) is 213 Å². The van der Waals surface area contributed by atoms with Crippen LogP contribution in [0.25, 0.3) is 0 Å². The third-order valence-corrected chi connectivity index (χ3v) is 10.9. The molecule has 0 saturated heterocycles. The molecule has 264 valence electrons. The van der Waals surface area contributed by atoms with Crippen molar-refractivity contribution in [2.45, 2.75) is 245 Å². The van der Waals surface area contributed by atoms with Crippen LogP contribution in [0.15, 0.2) is 12.7 Å². The number of unbranched alkanes of at least 4 members (excludes halogenated alkanes) is 30. The highest BCUT2D eigenvalue weighted by Gasteiger charge is 2.28. The van der Waals surface area contributed by atoms with Gasteiger partial charge in [0.15, 0.2) is 0 Å². The third kappa shape index (κ3) is 29.1. The Hall–Kier alpha value is -0.300. The zero-order valence-corrected chi connectivity index (χ0v) is 31.8. The second-order valence-electron chi connectivity index (χ2n) is 15.1. The van der Waals surface area contributed by atoms with Crippen LogP contribution in [0, 0.1) is 0 Å². The Morgan fingerprint density at radius 3 is 0.818 bits per heavy atom. The normalized spacial score (nSPS) is 13.1. The molecule has 1 heteroatoms. The number of nitrogens with zero attached hydrogens (tertiary/aromatic N) is 1. The van der Waals surface area contributed by atoms with Crippen LogP contribution in [-0.2, 0) is 0 Å². The van der Waals surface area contributed by atoms with Crippen molar-refractivity contribution in [2.75, 3.05) is 20.1 Å². The Balaban J connectivity index is 3.82. The maximum Gasteiger partial charge on any atom is 0.0971 e. The van der Waals surface area contributed by atoms with Gasteiger partial charge in [0.25, 0.3) is 0 Å². The topological polar surface area (TPSA) is 0 Å². The molecule has 0 amide bonds. The van der Waals surface area contributed by atoms with Crippen LogP contribution in [0.3, 0.4) is 0 Å². The van der Waals surface area contributed by atoms with Gasteiger partial charge in [-0.3, -0.25) is 0 Å². The Bertz CT molecular complexity index is 505. The number of hydrogen-bond donors (Lipinski definition) is 0. The van der Waals surface area contributed by atoms with Crippen LogP contribution in [0.4, 0.5) is 0 Å². The molecule has 0 bridgehead atoms. The first-order valence-corrected chi connectivity index (χ1v) is 21.1. The molecule has 1 unspecified atom stereocenters. The minimum atomic E-state index is 0.830. The molecule has 0 rings (SSSR count). The second-order valence-corrected chi connectivity index (χ2v) is 15.1. The van der Waals surface area contributed by atoms with E-state index in [1.54, 1.807) is 0 Å². The molecular formula is C43H88N+. The molecule has 0 aliphatic carbocycles. The van der Waals surface area contributed by atoms with Gasteiger partial charge in [0.1, 0.15) is 0 Å². The lowest BCUT2D eigenvalue weighted by Crippen LogP contribution is -2.52. The Morgan fingerprint density at radius 2 is 0.614 bits per heavy atom. The maximum atomic E-state index is 4.12. The van der Waals surface area contributed by atoms with Crippen molar-refractivity contribution in [3.05, 3.63) is 12.7 Å². The minimum absolute atomic E-state index is 0.830. The molecular weight excluding hydrogens is 530 g/mol. The fourth-order valence-electron chi connectivity index (χ4n) is 7.46. The SMILES string of the molecule is C=CC[N+](C)(CC)C(CCCCCCCCCCCCCCCCCC)CCCCCCCCCCCCCCCCCC. The van der Waals surface area contributed by atoms with E-state index in [2.05, 4.69) is 40.5 Å². The van der Waals surface area contributed by atoms with Gasteiger partial charge < -0.3 is 4.48 Å². The summed E-state index contributed by atoms with van der Waals surface area (Å²) in [6, 6.07) is 0.830. The summed E-state index contributed by atoms with van der Waals surface area (Å²) in [5.41, 5.74) is 0. The van der Waals surface area contributed by atoms with Gasteiger partial charge in [0.2, 0.25) is 0 Å². The van der Waals surface area contributed by atoms with Crippen molar-refractivity contribution in [1.82, 2.24) is 0 Å². The standard InChI is InChI=1S/C43H88N/c1-6-10-12-14-16-18-20-22-24-26-28-30-32-34-36-38-40-43(44(5,9-4)42-8-3)41-39-37-35-33-31-29-27-25-23-21-19-17-15-13-11-7-2/h8,43H,3,6-7,9-42H2,1-2,4-5H3/q+1. The molecule has 0 heterocycles. The van der Waals surface area contributed by atoms with Gasteiger partial charge in [-0.05, 0) is 38.7 Å². The Morgan fingerprint density at radius 1 is 0.386 bits per heavy atom. The number of rotatable bonds is 38. The number of quaternary nitrogens is 1. The lowest BCUT2D eigenvalue weighted by Gasteiger charge is -2.41. The van der Waals surface area contributed by atoms with Crippen LogP contribution < -0.4 is 0 Å². The van der Waals surface area contributed by atoms with Crippen LogP contribution in [-0.4, -0.2) is 30.7 Å².